The lowest BCUT2D eigenvalue weighted by Crippen LogP contribution is -2.28. The Bertz CT molecular complexity index is 1030. The fourth-order valence-electron chi connectivity index (χ4n) is 4.53. The van der Waals surface area contributed by atoms with Crippen molar-refractivity contribution < 1.29 is 24.2 Å². The zero-order valence-electron chi connectivity index (χ0n) is 21.7. The first-order chi connectivity index (χ1) is 17.2. The van der Waals surface area contributed by atoms with Gasteiger partial charge in [0, 0.05) is 19.2 Å². The second kappa shape index (κ2) is 12.6. The minimum absolute atomic E-state index is 0.0135. The minimum Gasteiger partial charge on any atom is -0.481 e. The smallest absolute Gasteiger partial charge is 0.321 e. The number of hydrogen-bond donors (Lipinski definition) is 2. The number of benzene rings is 1. The van der Waals surface area contributed by atoms with Gasteiger partial charge in [-0.05, 0) is 74.5 Å². The second-order valence-electron chi connectivity index (χ2n) is 9.81. The molecule has 0 atom stereocenters. The van der Waals surface area contributed by atoms with Crippen molar-refractivity contribution in [1.82, 2.24) is 9.97 Å². The molecule has 1 aliphatic carbocycles. The molecule has 2 aromatic rings. The second-order valence-corrected chi connectivity index (χ2v) is 9.81. The van der Waals surface area contributed by atoms with Gasteiger partial charge in [-0.25, -0.2) is 0 Å². The number of rotatable bonds is 11. The molecule has 9 heteroatoms. The van der Waals surface area contributed by atoms with Gasteiger partial charge in [-0.2, -0.15) is 9.97 Å². The number of carboxylic acid groups (broad SMARTS) is 1. The molecule has 0 bridgehead atoms. The standard InChI is InChI=1S/C27H38N4O5/c1-5-35-25-23(24(28)29-27(30-25)36-15-14-17(2)3)26(34)31(4)21-12-10-20(11-13-21)19-8-6-18(7-9-19)16-22(32)33/h10-13,17-19H,5-9,14-16H2,1-4H3,(H,32,33)(H2,28,29,30). The molecule has 1 aliphatic rings. The Labute approximate surface area is 213 Å². The number of nitrogens with zero attached hydrogens (tertiary/aromatic N) is 3. The van der Waals surface area contributed by atoms with Crippen molar-refractivity contribution in [2.45, 2.75) is 65.2 Å². The maximum atomic E-state index is 13.4. The summed E-state index contributed by atoms with van der Waals surface area (Å²) in [7, 11) is 1.68. The van der Waals surface area contributed by atoms with Crippen LogP contribution in [0, 0.1) is 11.8 Å². The fourth-order valence-corrected chi connectivity index (χ4v) is 4.53. The lowest BCUT2D eigenvalue weighted by atomic mass is 9.77. The van der Waals surface area contributed by atoms with E-state index >= 15 is 0 Å². The Morgan fingerprint density at radius 1 is 1.11 bits per heavy atom. The molecule has 1 heterocycles. The molecule has 3 N–H and O–H groups in total. The molecule has 1 aromatic carbocycles. The highest BCUT2D eigenvalue weighted by atomic mass is 16.5. The molecule has 0 spiro atoms. The molecule has 1 amide bonds. The van der Waals surface area contributed by atoms with E-state index in [0.717, 1.165) is 32.1 Å². The highest BCUT2D eigenvalue weighted by molar-refractivity contribution is 6.10. The van der Waals surface area contributed by atoms with E-state index < -0.39 is 5.97 Å². The van der Waals surface area contributed by atoms with Gasteiger partial charge in [-0.1, -0.05) is 26.0 Å². The predicted octanol–water partition coefficient (Wildman–Crippen LogP) is 4.91. The normalized spacial score (nSPS) is 17.6. The zero-order valence-corrected chi connectivity index (χ0v) is 21.7. The van der Waals surface area contributed by atoms with Crippen LogP contribution in [0.25, 0.3) is 0 Å². The quantitative estimate of drug-likeness (QED) is 0.447. The van der Waals surface area contributed by atoms with E-state index in [1.54, 1.807) is 7.05 Å². The number of carboxylic acids is 1. The summed E-state index contributed by atoms with van der Waals surface area (Å²) in [5.74, 6) is 0.175. The van der Waals surface area contributed by atoms with E-state index in [9.17, 15) is 9.59 Å². The van der Waals surface area contributed by atoms with Crippen molar-refractivity contribution in [3.05, 3.63) is 35.4 Å². The van der Waals surface area contributed by atoms with Crippen LogP contribution in [-0.2, 0) is 4.79 Å². The first-order valence-corrected chi connectivity index (χ1v) is 12.7. The van der Waals surface area contributed by atoms with Crippen LogP contribution in [0.3, 0.4) is 0 Å². The summed E-state index contributed by atoms with van der Waals surface area (Å²) in [5, 5.41) is 9.03. The number of aliphatic carboxylic acids is 1. The number of nitrogen functional groups attached to an aromatic ring is 1. The number of nitrogens with two attached hydrogens (primary N) is 1. The summed E-state index contributed by atoms with van der Waals surface area (Å²) >= 11 is 0. The molecule has 9 nitrogen and oxygen atoms in total. The van der Waals surface area contributed by atoms with Crippen LogP contribution < -0.4 is 20.1 Å². The first-order valence-electron chi connectivity index (χ1n) is 12.7. The van der Waals surface area contributed by atoms with E-state index in [1.807, 2.05) is 31.2 Å². The van der Waals surface area contributed by atoms with Gasteiger partial charge < -0.3 is 25.2 Å². The summed E-state index contributed by atoms with van der Waals surface area (Å²) in [6, 6.07) is 8.00. The van der Waals surface area contributed by atoms with Crippen molar-refractivity contribution in [3.63, 3.8) is 0 Å². The van der Waals surface area contributed by atoms with Crippen molar-refractivity contribution in [3.8, 4) is 11.9 Å². The Morgan fingerprint density at radius 2 is 1.78 bits per heavy atom. The average molecular weight is 499 g/mol. The van der Waals surface area contributed by atoms with Gasteiger partial charge in [-0.3, -0.25) is 9.59 Å². The van der Waals surface area contributed by atoms with E-state index in [2.05, 4.69) is 23.8 Å². The number of amides is 1. The maximum absolute atomic E-state index is 13.4. The largest absolute Gasteiger partial charge is 0.481 e. The summed E-state index contributed by atoms with van der Waals surface area (Å²) in [6.07, 6.45) is 4.89. The topological polar surface area (TPSA) is 128 Å². The van der Waals surface area contributed by atoms with Crippen LogP contribution >= 0.6 is 0 Å². The van der Waals surface area contributed by atoms with Crippen LogP contribution in [0.1, 0.15) is 81.1 Å². The van der Waals surface area contributed by atoms with Gasteiger partial charge >= 0.3 is 12.0 Å². The van der Waals surface area contributed by atoms with Gasteiger partial charge in [0.25, 0.3) is 5.91 Å². The predicted molar refractivity (Wildman–Crippen MR) is 139 cm³/mol. The number of carbonyl (C=O) groups excluding carboxylic acids is 1. The Balaban J connectivity index is 1.71. The monoisotopic (exact) mass is 498 g/mol. The summed E-state index contributed by atoms with van der Waals surface area (Å²) in [4.78, 5) is 34.3. The number of anilines is 2. The van der Waals surface area contributed by atoms with Crippen LogP contribution in [0.4, 0.5) is 11.5 Å². The van der Waals surface area contributed by atoms with Gasteiger partial charge in [0.05, 0.1) is 13.2 Å². The third-order valence-electron chi connectivity index (χ3n) is 6.67. The lowest BCUT2D eigenvalue weighted by molar-refractivity contribution is -0.138. The van der Waals surface area contributed by atoms with Crippen LogP contribution in [0.15, 0.2) is 24.3 Å². The molecule has 36 heavy (non-hydrogen) atoms. The number of hydrogen-bond acceptors (Lipinski definition) is 7. The molecule has 3 rings (SSSR count). The van der Waals surface area contributed by atoms with Crippen molar-refractivity contribution in [2.75, 3.05) is 30.9 Å². The molecule has 1 saturated carbocycles. The lowest BCUT2D eigenvalue weighted by Gasteiger charge is -2.28. The number of carbonyl (C=O) groups is 2. The third kappa shape index (κ3) is 7.08. The van der Waals surface area contributed by atoms with Crippen molar-refractivity contribution in [2.24, 2.45) is 11.8 Å². The van der Waals surface area contributed by atoms with Gasteiger partial charge in [-0.15, -0.1) is 0 Å². The minimum atomic E-state index is -0.720. The SMILES string of the molecule is CCOc1nc(OCCC(C)C)nc(N)c1C(=O)N(C)c1ccc(C2CCC(CC(=O)O)CC2)cc1. The van der Waals surface area contributed by atoms with Crippen LogP contribution in [0.2, 0.25) is 0 Å². The Kier molecular flexibility index (Phi) is 9.50. The van der Waals surface area contributed by atoms with E-state index in [0.29, 0.717) is 30.7 Å². The summed E-state index contributed by atoms with van der Waals surface area (Å²) in [6.45, 7) is 6.77. The van der Waals surface area contributed by atoms with E-state index in [-0.39, 0.29) is 41.5 Å². The average Bonchev–Trinajstić information content (AvgIpc) is 2.83. The third-order valence-corrected chi connectivity index (χ3v) is 6.67. The molecule has 0 saturated heterocycles. The highest BCUT2D eigenvalue weighted by Gasteiger charge is 2.27. The van der Waals surface area contributed by atoms with Crippen molar-refractivity contribution in [1.29, 1.82) is 0 Å². The molecule has 1 aromatic heterocycles. The van der Waals surface area contributed by atoms with Gasteiger partial charge in [0.1, 0.15) is 11.4 Å². The van der Waals surface area contributed by atoms with Gasteiger partial charge in [0.2, 0.25) is 5.88 Å². The highest BCUT2D eigenvalue weighted by Crippen LogP contribution is 2.37. The fraction of sp³-hybridized carbons (Fsp3) is 0.556. The van der Waals surface area contributed by atoms with Crippen LogP contribution in [0.5, 0.6) is 11.9 Å². The first kappa shape index (κ1) is 27.2. The zero-order chi connectivity index (χ0) is 26.2. The molecule has 0 aliphatic heterocycles. The molecule has 0 radical (unpaired) electrons. The summed E-state index contributed by atoms with van der Waals surface area (Å²) in [5.41, 5.74) is 8.19. The van der Waals surface area contributed by atoms with E-state index in [1.165, 1.54) is 10.5 Å². The maximum Gasteiger partial charge on any atom is 0.321 e. The molecular formula is C27H38N4O5. The Morgan fingerprint density at radius 3 is 2.36 bits per heavy atom. The van der Waals surface area contributed by atoms with E-state index in [4.69, 9.17) is 20.3 Å². The molecule has 0 unspecified atom stereocenters. The van der Waals surface area contributed by atoms with Gasteiger partial charge in [0.15, 0.2) is 0 Å². The Hall–Kier alpha value is -3.36. The molecule has 1 fully saturated rings. The van der Waals surface area contributed by atoms with Crippen LogP contribution in [-0.4, -0.2) is 47.2 Å². The number of ether oxygens (including phenoxy) is 2. The molecule has 196 valence electrons. The number of aromatic nitrogens is 2. The summed E-state index contributed by atoms with van der Waals surface area (Å²) < 4.78 is 11.3. The molecular weight excluding hydrogens is 460 g/mol. The van der Waals surface area contributed by atoms with Crippen molar-refractivity contribution >= 4 is 23.4 Å².